The summed E-state index contributed by atoms with van der Waals surface area (Å²) in [6.45, 7) is 4.81. The number of nitrogens with zero attached hydrogens (tertiary/aromatic N) is 2. The van der Waals surface area contributed by atoms with Crippen LogP contribution in [0.3, 0.4) is 0 Å². The Hall–Kier alpha value is -4.78. The van der Waals surface area contributed by atoms with Crippen LogP contribution in [-0.4, -0.2) is 68.9 Å². The van der Waals surface area contributed by atoms with Crippen molar-refractivity contribution < 1.29 is 27.9 Å². The smallest absolute Gasteiger partial charge is 0.251 e. The zero-order chi connectivity index (χ0) is 34.7. The fourth-order valence-corrected chi connectivity index (χ4v) is 5.56. The van der Waals surface area contributed by atoms with Crippen LogP contribution in [0.15, 0.2) is 97.3 Å². The van der Waals surface area contributed by atoms with Crippen LogP contribution in [-0.2, 0) is 23.0 Å². The molecule has 254 valence electrons. The molecule has 0 bridgehead atoms. The van der Waals surface area contributed by atoms with Gasteiger partial charge in [-0.25, -0.2) is 8.42 Å². The fraction of sp³-hybridized carbons (Fsp3) is 0.306. The van der Waals surface area contributed by atoms with Crippen LogP contribution in [0.4, 0.5) is 5.69 Å². The number of benzene rings is 3. The van der Waals surface area contributed by atoms with Crippen LogP contribution in [0, 0.1) is 0 Å². The summed E-state index contributed by atoms with van der Waals surface area (Å²) in [6, 6.07) is 23.9. The van der Waals surface area contributed by atoms with Crippen LogP contribution in [0.5, 0.6) is 5.75 Å². The summed E-state index contributed by atoms with van der Waals surface area (Å²) in [7, 11) is -2.36. The molecule has 4 aromatic rings. The molecule has 4 rings (SSSR count). The second kappa shape index (κ2) is 16.9. The van der Waals surface area contributed by atoms with Gasteiger partial charge in [-0.05, 0) is 61.2 Å². The van der Waals surface area contributed by atoms with Crippen molar-refractivity contribution in [1.29, 1.82) is 0 Å². The third-order valence-corrected chi connectivity index (χ3v) is 9.00. The van der Waals surface area contributed by atoms with Crippen molar-refractivity contribution in [2.45, 2.75) is 45.0 Å². The van der Waals surface area contributed by atoms with Gasteiger partial charge in [-0.1, -0.05) is 60.7 Å². The molecular weight excluding hydrogens is 630 g/mol. The minimum absolute atomic E-state index is 0.0672. The second-order valence-corrected chi connectivity index (χ2v) is 13.5. The van der Waals surface area contributed by atoms with Gasteiger partial charge in [0.2, 0.25) is 10.0 Å². The molecule has 0 fully saturated rings. The molecule has 4 N–H and O–H groups in total. The lowest BCUT2D eigenvalue weighted by Crippen LogP contribution is -2.48. The van der Waals surface area contributed by atoms with Crippen LogP contribution < -0.4 is 25.0 Å². The minimum atomic E-state index is -3.71. The van der Waals surface area contributed by atoms with Crippen molar-refractivity contribution in [2.24, 2.45) is 0 Å². The topological polar surface area (TPSA) is 150 Å². The lowest BCUT2D eigenvalue weighted by Gasteiger charge is -2.25. The molecule has 3 atom stereocenters. The summed E-state index contributed by atoms with van der Waals surface area (Å²) < 4.78 is 31.4. The van der Waals surface area contributed by atoms with Crippen LogP contribution in [0.25, 0.3) is 0 Å². The SMILES string of the molecule is CCOc1cncc(CNCC(O)C(Cc2ccccc2)NC(=O)c2cc(C(=O)NC(C)c3ccccc3)cc(N(C)S(C)(=O)=O)c2)c1. The molecule has 1 aromatic heterocycles. The first-order chi connectivity index (χ1) is 22.9. The number of pyridine rings is 1. The fourth-order valence-electron chi connectivity index (χ4n) is 5.07. The van der Waals surface area contributed by atoms with Gasteiger partial charge >= 0.3 is 0 Å². The zero-order valence-electron chi connectivity index (χ0n) is 27.6. The molecule has 0 aliphatic rings. The number of rotatable bonds is 16. The largest absolute Gasteiger partial charge is 0.492 e. The number of nitrogens with one attached hydrogen (secondary N) is 3. The number of sulfonamides is 1. The summed E-state index contributed by atoms with van der Waals surface area (Å²) in [5.41, 5.74) is 2.98. The highest BCUT2D eigenvalue weighted by atomic mass is 32.2. The molecule has 0 radical (unpaired) electrons. The zero-order valence-corrected chi connectivity index (χ0v) is 28.4. The average molecular weight is 674 g/mol. The molecule has 0 spiro atoms. The van der Waals surface area contributed by atoms with Gasteiger partial charge in [0.25, 0.3) is 11.8 Å². The van der Waals surface area contributed by atoms with Crippen LogP contribution >= 0.6 is 0 Å². The number of aromatic nitrogens is 1. The number of anilines is 1. The van der Waals surface area contributed by atoms with Crippen molar-refractivity contribution in [1.82, 2.24) is 20.9 Å². The minimum Gasteiger partial charge on any atom is -0.492 e. The number of carbonyl (C=O) groups excluding carboxylic acids is 2. The Kier molecular flexibility index (Phi) is 12.7. The van der Waals surface area contributed by atoms with E-state index in [0.29, 0.717) is 25.3 Å². The number of aliphatic hydroxyl groups excluding tert-OH is 1. The van der Waals surface area contributed by atoms with E-state index in [4.69, 9.17) is 4.74 Å². The summed E-state index contributed by atoms with van der Waals surface area (Å²) in [5, 5.41) is 20.4. The normalized spacial score (nSPS) is 13.2. The maximum absolute atomic E-state index is 13.8. The number of hydrogen-bond acceptors (Lipinski definition) is 8. The van der Waals surface area contributed by atoms with Gasteiger partial charge in [-0.2, -0.15) is 0 Å². The summed E-state index contributed by atoms with van der Waals surface area (Å²) in [5.74, 6) is -0.396. The highest BCUT2D eigenvalue weighted by molar-refractivity contribution is 7.92. The first-order valence-corrected chi connectivity index (χ1v) is 17.5. The van der Waals surface area contributed by atoms with E-state index in [0.717, 1.165) is 27.3 Å². The molecule has 48 heavy (non-hydrogen) atoms. The molecule has 1 heterocycles. The lowest BCUT2D eigenvalue weighted by atomic mass is 10.00. The molecule has 0 saturated carbocycles. The third-order valence-electron chi connectivity index (χ3n) is 7.79. The number of carbonyl (C=O) groups is 2. The van der Waals surface area contributed by atoms with E-state index in [9.17, 15) is 23.1 Å². The van der Waals surface area contributed by atoms with Gasteiger partial charge in [-0.15, -0.1) is 0 Å². The van der Waals surface area contributed by atoms with E-state index in [1.54, 1.807) is 12.4 Å². The number of ether oxygens (including phenoxy) is 1. The molecule has 0 aliphatic carbocycles. The molecule has 3 unspecified atom stereocenters. The maximum atomic E-state index is 13.8. The predicted molar refractivity (Wildman–Crippen MR) is 187 cm³/mol. The van der Waals surface area contributed by atoms with E-state index < -0.39 is 34.0 Å². The van der Waals surface area contributed by atoms with Crippen molar-refractivity contribution >= 4 is 27.5 Å². The molecule has 11 nitrogen and oxygen atoms in total. The monoisotopic (exact) mass is 673 g/mol. The predicted octanol–water partition coefficient (Wildman–Crippen LogP) is 3.86. The first-order valence-electron chi connectivity index (χ1n) is 15.7. The number of amides is 2. The quantitative estimate of drug-likeness (QED) is 0.140. The van der Waals surface area contributed by atoms with Crippen molar-refractivity contribution in [3.8, 4) is 5.75 Å². The summed E-state index contributed by atoms with van der Waals surface area (Å²) in [6.07, 6.45) is 3.70. The molecule has 2 amide bonds. The lowest BCUT2D eigenvalue weighted by molar-refractivity contribution is 0.0830. The number of hydrogen-bond donors (Lipinski definition) is 4. The first kappa shape index (κ1) is 36.1. The van der Waals surface area contributed by atoms with Crippen molar-refractivity contribution in [3.05, 3.63) is 125 Å². The van der Waals surface area contributed by atoms with Crippen LogP contribution in [0.2, 0.25) is 0 Å². The van der Waals surface area contributed by atoms with Crippen LogP contribution in [0.1, 0.15) is 57.3 Å². The molecular formula is C36H43N5O6S. The molecule has 0 saturated heterocycles. The highest BCUT2D eigenvalue weighted by Crippen LogP contribution is 2.22. The van der Waals surface area contributed by atoms with Gasteiger partial charge < -0.3 is 25.8 Å². The highest BCUT2D eigenvalue weighted by Gasteiger charge is 2.25. The Morgan fingerprint density at radius 3 is 2.15 bits per heavy atom. The van der Waals surface area contributed by atoms with Gasteiger partial charge in [0.05, 0.1) is 42.9 Å². The van der Waals surface area contributed by atoms with E-state index in [1.165, 1.54) is 25.2 Å². The Labute approximate surface area is 282 Å². The molecule has 0 aliphatic heterocycles. The van der Waals surface area contributed by atoms with Crippen molar-refractivity contribution in [3.63, 3.8) is 0 Å². The second-order valence-electron chi connectivity index (χ2n) is 11.5. The third kappa shape index (κ3) is 10.4. The van der Waals surface area contributed by atoms with E-state index >= 15 is 0 Å². The summed E-state index contributed by atoms with van der Waals surface area (Å²) >= 11 is 0. The van der Waals surface area contributed by atoms with E-state index in [1.807, 2.05) is 80.6 Å². The standard InChI is InChI=1S/C36H43N5O6S/c1-5-47-32-16-27(21-37-23-32)22-38-24-34(42)33(17-26-12-8-6-9-13-26)40-36(44)30-18-29(19-31(20-30)41(3)48(4,45)46)35(43)39-25(2)28-14-10-7-11-15-28/h6-16,18-21,23,25,33-34,38,42H,5,17,22,24H2,1-4H3,(H,39,43)(H,40,44). The Morgan fingerprint density at radius 1 is 0.896 bits per heavy atom. The Bertz CT molecular complexity index is 1770. The molecule has 12 heteroatoms. The van der Waals surface area contributed by atoms with E-state index in [-0.39, 0.29) is 29.4 Å². The van der Waals surface area contributed by atoms with Gasteiger partial charge in [0.15, 0.2) is 0 Å². The van der Waals surface area contributed by atoms with Gasteiger partial charge in [-0.3, -0.25) is 18.9 Å². The number of aliphatic hydroxyl groups is 1. The average Bonchev–Trinajstić information content (AvgIpc) is 3.08. The van der Waals surface area contributed by atoms with E-state index in [2.05, 4.69) is 20.9 Å². The van der Waals surface area contributed by atoms with Crippen molar-refractivity contribution in [2.75, 3.05) is 30.8 Å². The maximum Gasteiger partial charge on any atom is 0.251 e. The van der Waals surface area contributed by atoms with Gasteiger partial charge in [0.1, 0.15) is 5.75 Å². The molecule has 3 aromatic carbocycles. The summed E-state index contributed by atoms with van der Waals surface area (Å²) in [4.78, 5) is 31.4. The Morgan fingerprint density at radius 2 is 1.52 bits per heavy atom. The Balaban J connectivity index is 1.57. The van der Waals surface area contributed by atoms with Gasteiger partial charge in [0, 0.05) is 37.5 Å².